The molecular weight excluding hydrogens is 210 g/mol. The largest absolute Gasteiger partial charge is 0.396 e. The smallest absolute Gasteiger partial charge is 0.0434 e. The van der Waals surface area contributed by atoms with Crippen LogP contribution in [0.1, 0.15) is 59.3 Å². The summed E-state index contributed by atoms with van der Waals surface area (Å²) in [6.07, 6.45) is 7.50. The molecule has 1 rings (SSSR count). The van der Waals surface area contributed by atoms with E-state index in [1.165, 1.54) is 32.1 Å². The summed E-state index contributed by atoms with van der Waals surface area (Å²) in [6.45, 7) is 8.42. The Balaban J connectivity index is 2.27. The van der Waals surface area contributed by atoms with Crippen molar-refractivity contribution < 1.29 is 5.11 Å². The minimum absolute atomic E-state index is 0.337. The predicted molar refractivity (Wildman–Crippen MR) is 74.1 cm³/mol. The number of hydrogen-bond donors (Lipinski definition) is 2. The van der Waals surface area contributed by atoms with Crippen LogP contribution in [0.3, 0.4) is 0 Å². The van der Waals surface area contributed by atoms with Crippen molar-refractivity contribution in [1.82, 2.24) is 5.32 Å². The first-order valence-electron chi connectivity index (χ1n) is 7.51. The van der Waals surface area contributed by atoms with Gasteiger partial charge in [-0.15, -0.1) is 0 Å². The normalized spacial score (nSPS) is 31.4. The van der Waals surface area contributed by atoms with Gasteiger partial charge in [-0.3, -0.25) is 0 Å². The fourth-order valence-electron chi connectivity index (χ4n) is 3.23. The van der Waals surface area contributed by atoms with Gasteiger partial charge in [0, 0.05) is 12.6 Å². The quantitative estimate of drug-likeness (QED) is 0.717. The first-order valence-corrected chi connectivity index (χ1v) is 7.51. The lowest BCUT2D eigenvalue weighted by atomic mass is 9.79. The van der Waals surface area contributed by atoms with Gasteiger partial charge in [-0.05, 0) is 56.4 Å². The van der Waals surface area contributed by atoms with Crippen molar-refractivity contribution in [2.24, 2.45) is 17.8 Å². The Hall–Kier alpha value is -0.0800. The van der Waals surface area contributed by atoms with Crippen molar-refractivity contribution in [3.8, 4) is 0 Å². The van der Waals surface area contributed by atoms with Crippen LogP contribution in [-0.2, 0) is 0 Å². The number of rotatable bonds is 7. The Morgan fingerprint density at radius 3 is 2.59 bits per heavy atom. The van der Waals surface area contributed by atoms with Gasteiger partial charge < -0.3 is 10.4 Å². The molecule has 0 radical (unpaired) electrons. The van der Waals surface area contributed by atoms with E-state index in [1.54, 1.807) is 0 Å². The monoisotopic (exact) mass is 241 g/mol. The second-order valence-electron chi connectivity index (χ2n) is 6.08. The molecule has 1 aliphatic carbocycles. The molecule has 0 bridgehead atoms. The van der Waals surface area contributed by atoms with E-state index in [9.17, 15) is 0 Å². The summed E-state index contributed by atoms with van der Waals surface area (Å²) in [4.78, 5) is 0. The fourth-order valence-corrected chi connectivity index (χ4v) is 3.23. The number of aliphatic hydroxyl groups excluding tert-OH is 1. The molecule has 0 spiro atoms. The van der Waals surface area contributed by atoms with E-state index in [1.807, 2.05) is 0 Å². The van der Waals surface area contributed by atoms with Crippen LogP contribution in [0.25, 0.3) is 0 Å². The molecule has 0 aromatic rings. The van der Waals surface area contributed by atoms with Crippen molar-refractivity contribution in [2.45, 2.75) is 65.3 Å². The lowest BCUT2D eigenvalue weighted by Gasteiger charge is -2.34. The zero-order chi connectivity index (χ0) is 12.7. The highest BCUT2D eigenvalue weighted by atomic mass is 16.3. The molecule has 0 aliphatic heterocycles. The van der Waals surface area contributed by atoms with Gasteiger partial charge in [0.1, 0.15) is 0 Å². The Labute approximate surface area is 107 Å². The van der Waals surface area contributed by atoms with E-state index in [-0.39, 0.29) is 0 Å². The maximum absolute atomic E-state index is 9.06. The van der Waals surface area contributed by atoms with Crippen molar-refractivity contribution in [1.29, 1.82) is 0 Å². The van der Waals surface area contributed by atoms with Crippen molar-refractivity contribution >= 4 is 0 Å². The van der Waals surface area contributed by atoms with Crippen LogP contribution in [0, 0.1) is 17.8 Å². The second kappa shape index (κ2) is 8.10. The van der Waals surface area contributed by atoms with Gasteiger partial charge >= 0.3 is 0 Å². The minimum atomic E-state index is 0.337. The number of aliphatic hydroxyl groups is 1. The molecule has 1 saturated carbocycles. The summed E-state index contributed by atoms with van der Waals surface area (Å²) < 4.78 is 0. The van der Waals surface area contributed by atoms with Gasteiger partial charge in [-0.2, -0.15) is 0 Å². The Morgan fingerprint density at radius 1 is 1.24 bits per heavy atom. The summed E-state index contributed by atoms with van der Waals surface area (Å²) in [7, 11) is 0. The van der Waals surface area contributed by atoms with Crippen LogP contribution in [-0.4, -0.2) is 24.3 Å². The van der Waals surface area contributed by atoms with E-state index in [2.05, 4.69) is 26.1 Å². The topological polar surface area (TPSA) is 32.3 Å². The number of nitrogens with one attached hydrogen (secondary N) is 1. The van der Waals surface area contributed by atoms with Crippen molar-refractivity contribution in [3.63, 3.8) is 0 Å². The molecule has 2 nitrogen and oxygen atoms in total. The van der Waals surface area contributed by atoms with Gasteiger partial charge in [-0.1, -0.05) is 27.2 Å². The first kappa shape index (κ1) is 15.0. The van der Waals surface area contributed by atoms with Gasteiger partial charge in [0.05, 0.1) is 0 Å². The summed E-state index contributed by atoms with van der Waals surface area (Å²) in [5.41, 5.74) is 0. The average molecular weight is 241 g/mol. The summed E-state index contributed by atoms with van der Waals surface area (Å²) in [6, 6.07) is 0.712. The lowest BCUT2D eigenvalue weighted by molar-refractivity contribution is 0.205. The Morgan fingerprint density at radius 2 is 2.00 bits per heavy atom. The SMILES string of the molecule is CCCC(CCO)CNC1CCC(C)CC1C. The van der Waals surface area contributed by atoms with Crippen LogP contribution in [0.15, 0.2) is 0 Å². The van der Waals surface area contributed by atoms with Crippen LogP contribution in [0.4, 0.5) is 0 Å². The predicted octanol–water partition coefficient (Wildman–Crippen LogP) is 3.20. The molecular formula is C15H31NO. The molecule has 2 N–H and O–H groups in total. The van der Waals surface area contributed by atoms with Crippen LogP contribution >= 0.6 is 0 Å². The summed E-state index contributed by atoms with van der Waals surface area (Å²) in [5, 5.41) is 12.8. The molecule has 2 heteroatoms. The van der Waals surface area contributed by atoms with E-state index < -0.39 is 0 Å². The summed E-state index contributed by atoms with van der Waals surface area (Å²) >= 11 is 0. The second-order valence-corrected chi connectivity index (χ2v) is 6.08. The highest BCUT2D eigenvalue weighted by Gasteiger charge is 2.25. The van der Waals surface area contributed by atoms with E-state index in [0.717, 1.165) is 24.8 Å². The standard InChI is InChI=1S/C15H31NO/c1-4-5-14(8-9-17)11-16-15-7-6-12(2)10-13(15)3/h12-17H,4-11H2,1-3H3. The molecule has 0 saturated heterocycles. The van der Waals surface area contributed by atoms with Crippen molar-refractivity contribution in [3.05, 3.63) is 0 Å². The van der Waals surface area contributed by atoms with Gasteiger partial charge in [0.15, 0.2) is 0 Å². The van der Waals surface area contributed by atoms with E-state index in [4.69, 9.17) is 5.11 Å². The molecule has 0 aromatic heterocycles. The molecule has 4 atom stereocenters. The van der Waals surface area contributed by atoms with Crippen LogP contribution < -0.4 is 5.32 Å². The van der Waals surface area contributed by atoms with Crippen LogP contribution in [0.5, 0.6) is 0 Å². The molecule has 0 heterocycles. The molecule has 102 valence electrons. The lowest BCUT2D eigenvalue weighted by Crippen LogP contribution is -2.41. The fraction of sp³-hybridized carbons (Fsp3) is 1.00. The first-order chi connectivity index (χ1) is 8.17. The van der Waals surface area contributed by atoms with Gasteiger partial charge in [0.2, 0.25) is 0 Å². The Kier molecular flexibility index (Phi) is 7.14. The minimum Gasteiger partial charge on any atom is -0.396 e. The molecule has 1 aliphatic rings. The third-order valence-electron chi connectivity index (χ3n) is 4.33. The highest BCUT2D eigenvalue weighted by molar-refractivity contribution is 4.81. The van der Waals surface area contributed by atoms with Crippen molar-refractivity contribution in [2.75, 3.05) is 13.2 Å². The average Bonchev–Trinajstić information content (AvgIpc) is 2.28. The molecule has 1 fully saturated rings. The Bertz CT molecular complexity index is 189. The highest BCUT2D eigenvalue weighted by Crippen LogP contribution is 2.28. The third-order valence-corrected chi connectivity index (χ3v) is 4.33. The number of hydrogen-bond acceptors (Lipinski definition) is 2. The van der Waals surface area contributed by atoms with E-state index in [0.29, 0.717) is 18.6 Å². The molecule has 17 heavy (non-hydrogen) atoms. The zero-order valence-electron chi connectivity index (χ0n) is 11.9. The maximum atomic E-state index is 9.06. The molecule has 0 amide bonds. The molecule has 0 aromatic carbocycles. The van der Waals surface area contributed by atoms with Crippen LogP contribution in [0.2, 0.25) is 0 Å². The zero-order valence-corrected chi connectivity index (χ0v) is 11.9. The molecule has 4 unspecified atom stereocenters. The maximum Gasteiger partial charge on any atom is 0.0434 e. The van der Waals surface area contributed by atoms with Gasteiger partial charge in [0.25, 0.3) is 0 Å². The summed E-state index contributed by atoms with van der Waals surface area (Å²) in [5.74, 6) is 2.39. The van der Waals surface area contributed by atoms with Gasteiger partial charge in [-0.25, -0.2) is 0 Å². The third kappa shape index (κ3) is 5.39. The van der Waals surface area contributed by atoms with E-state index >= 15 is 0 Å².